The number of amides is 1. The molecular formula is C14H17F2NO. The number of benzene rings is 1. The molecule has 18 heavy (non-hydrogen) atoms. The highest BCUT2D eigenvalue weighted by atomic mass is 19.3. The third kappa shape index (κ3) is 2.94. The molecular weight excluding hydrogens is 236 g/mol. The first-order chi connectivity index (χ1) is 8.31. The number of halogens is 2. The van der Waals surface area contributed by atoms with E-state index < -0.39 is 17.2 Å². The Morgan fingerprint density at radius 2 is 1.89 bits per heavy atom. The van der Waals surface area contributed by atoms with Crippen LogP contribution in [0.2, 0.25) is 0 Å². The Bertz CT molecular complexity index is 427. The van der Waals surface area contributed by atoms with Gasteiger partial charge in [0.15, 0.2) is 0 Å². The van der Waals surface area contributed by atoms with Gasteiger partial charge in [0, 0.05) is 6.54 Å². The van der Waals surface area contributed by atoms with Gasteiger partial charge in [-0.25, -0.2) is 0 Å². The molecule has 0 heterocycles. The molecule has 4 heteroatoms. The van der Waals surface area contributed by atoms with Crippen LogP contribution in [0.1, 0.15) is 19.4 Å². The maximum absolute atomic E-state index is 13.8. The molecule has 0 aliphatic rings. The van der Waals surface area contributed by atoms with Gasteiger partial charge in [-0.3, -0.25) is 4.79 Å². The Kier molecular flexibility index (Phi) is 4.22. The van der Waals surface area contributed by atoms with Crippen LogP contribution in [-0.2, 0) is 11.3 Å². The number of carbonyl (C=O) groups excluding carboxylic acids is 1. The molecule has 0 aliphatic heterocycles. The third-order valence-electron chi connectivity index (χ3n) is 2.90. The predicted molar refractivity (Wildman–Crippen MR) is 67.2 cm³/mol. The fourth-order valence-corrected chi connectivity index (χ4v) is 1.31. The third-order valence-corrected chi connectivity index (χ3v) is 2.90. The van der Waals surface area contributed by atoms with E-state index >= 15 is 0 Å². The lowest BCUT2D eigenvalue weighted by atomic mass is 9.85. The van der Waals surface area contributed by atoms with Gasteiger partial charge in [-0.1, -0.05) is 50.3 Å². The summed E-state index contributed by atoms with van der Waals surface area (Å²) in [7, 11) is 0. The highest BCUT2D eigenvalue weighted by molar-refractivity contribution is 5.84. The maximum atomic E-state index is 13.8. The van der Waals surface area contributed by atoms with Crippen molar-refractivity contribution >= 4 is 5.91 Å². The van der Waals surface area contributed by atoms with Gasteiger partial charge in [0.05, 0.1) is 5.41 Å². The van der Waals surface area contributed by atoms with Gasteiger partial charge in [-0.15, -0.1) is 6.58 Å². The van der Waals surface area contributed by atoms with E-state index in [1.165, 1.54) is 13.8 Å². The quantitative estimate of drug-likeness (QED) is 0.802. The first kappa shape index (κ1) is 14.4. The standard InChI is InChI=1S/C14H17F2NO/c1-4-13(2,3)14(15,16)12(18)17-10-11-8-6-5-7-9-11/h4-9H,1,10H2,2-3H3,(H,17,18). The zero-order chi connectivity index (χ0) is 13.8. The van der Waals surface area contributed by atoms with Crippen LogP contribution in [0, 0.1) is 5.41 Å². The van der Waals surface area contributed by atoms with Crippen molar-refractivity contribution in [2.75, 3.05) is 0 Å². The van der Waals surface area contributed by atoms with E-state index in [0.717, 1.165) is 11.6 Å². The van der Waals surface area contributed by atoms with Crippen molar-refractivity contribution in [1.29, 1.82) is 0 Å². The summed E-state index contributed by atoms with van der Waals surface area (Å²) in [6.07, 6.45) is 1.09. The van der Waals surface area contributed by atoms with Gasteiger partial charge >= 0.3 is 5.92 Å². The average molecular weight is 253 g/mol. The fourth-order valence-electron chi connectivity index (χ4n) is 1.31. The summed E-state index contributed by atoms with van der Waals surface area (Å²) in [6.45, 7) is 5.98. The Morgan fingerprint density at radius 3 is 2.39 bits per heavy atom. The Balaban J connectivity index is 2.69. The van der Waals surface area contributed by atoms with E-state index in [9.17, 15) is 13.6 Å². The van der Waals surface area contributed by atoms with E-state index in [0.29, 0.717) is 0 Å². The lowest BCUT2D eigenvalue weighted by molar-refractivity contribution is -0.159. The maximum Gasteiger partial charge on any atom is 0.332 e. The van der Waals surface area contributed by atoms with Crippen molar-refractivity contribution in [3.63, 3.8) is 0 Å². The molecule has 1 rings (SSSR count). The molecule has 0 bridgehead atoms. The van der Waals surface area contributed by atoms with Crippen molar-refractivity contribution < 1.29 is 13.6 Å². The zero-order valence-corrected chi connectivity index (χ0v) is 10.5. The second-order valence-corrected chi connectivity index (χ2v) is 4.67. The zero-order valence-electron chi connectivity index (χ0n) is 10.5. The fraction of sp³-hybridized carbons (Fsp3) is 0.357. The van der Waals surface area contributed by atoms with Crippen LogP contribution >= 0.6 is 0 Å². The van der Waals surface area contributed by atoms with Crippen LogP contribution < -0.4 is 5.32 Å². The molecule has 0 aliphatic carbocycles. The molecule has 1 aromatic carbocycles. The number of allylic oxidation sites excluding steroid dienone is 1. The molecule has 0 saturated heterocycles. The van der Waals surface area contributed by atoms with Crippen molar-refractivity contribution in [1.82, 2.24) is 5.32 Å². The second kappa shape index (κ2) is 5.29. The van der Waals surface area contributed by atoms with Gasteiger partial charge in [0.1, 0.15) is 0 Å². The SMILES string of the molecule is C=CC(C)(C)C(F)(F)C(=O)NCc1ccccc1. The molecule has 1 amide bonds. The van der Waals surface area contributed by atoms with Crippen molar-refractivity contribution in [2.24, 2.45) is 5.41 Å². The Morgan fingerprint density at radius 1 is 1.33 bits per heavy atom. The molecule has 0 aromatic heterocycles. The van der Waals surface area contributed by atoms with Gasteiger partial charge in [-0.2, -0.15) is 8.78 Å². The number of hydrogen-bond acceptors (Lipinski definition) is 1. The summed E-state index contributed by atoms with van der Waals surface area (Å²) in [6, 6.07) is 8.91. The van der Waals surface area contributed by atoms with Crippen LogP contribution in [0.3, 0.4) is 0 Å². The summed E-state index contributed by atoms with van der Waals surface area (Å²) in [4.78, 5) is 11.5. The van der Waals surface area contributed by atoms with E-state index in [4.69, 9.17) is 0 Å². The summed E-state index contributed by atoms with van der Waals surface area (Å²) < 4.78 is 27.6. The van der Waals surface area contributed by atoms with E-state index in [1.54, 1.807) is 24.3 Å². The molecule has 0 saturated carbocycles. The molecule has 0 spiro atoms. The minimum Gasteiger partial charge on any atom is -0.347 e. The minimum atomic E-state index is -3.48. The topological polar surface area (TPSA) is 29.1 Å². The lowest BCUT2D eigenvalue weighted by Gasteiger charge is -2.29. The Hall–Kier alpha value is -1.71. The largest absolute Gasteiger partial charge is 0.347 e. The van der Waals surface area contributed by atoms with E-state index in [1.807, 2.05) is 6.07 Å². The van der Waals surface area contributed by atoms with Crippen LogP contribution in [-0.4, -0.2) is 11.8 Å². The number of carbonyl (C=O) groups is 1. The van der Waals surface area contributed by atoms with Gasteiger partial charge in [-0.05, 0) is 5.56 Å². The normalized spacial score (nSPS) is 12.0. The average Bonchev–Trinajstić information content (AvgIpc) is 2.36. The molecule has 2 nitrogen and oxygen atoms in total. The summed E-state index contributed by atoms with van der Waals surface area (Å²) in [5.41, 5.74) is -0.800. The summed E-state index contributed by atoms with van der Waals surface area (Å²) in [5, 5.41) is 2.24. The molecule has 0 radical (unpaired) electrons. The first-order valence-corrected chi connectivity index (χ1v) is 5.65. The number of alkyl halides is 2. The highest BCUT2D eigenvalue weighted by Crippen LogP contribution is 2.37. The first-order valence-electron chi connectivity index (χ1n) is 5.65. The van der Waals surface area contributed by atoms with Crippen LogP contribution in [0.5, 0.6) is 0 Å². The van der Waals surface area contributed by atoms with E-state index in [-0.39, 0.29) is 6.54 Å². The number of rotatable bonds is 5. The molecule has 98 valence electrons. The van der Waals surface area contributed by atoms with Crippen molar-refractivity contribution in [3.8, 4) is 0 Å². The number of nitrogens with one attached hydrogen (secondary N) is 1. The van der Waals surface area contributed by atoms with Crippen LogP contribution in [0.4, 0.5) is 8.78 Å². The number of hydrogen-bond donors (Lipinski definition) is 1. The molecule has 1 N–H and O–H groups in total. The van der Waals surface area contributed by atoms with Crippen LogP contribution in [0.25, 0.3) is 0 Å². The lowest BCUT2D eigenvalue weighted by Crippen LogP contribution is -2.48. The molecule has 0 fully saturated rings. The smallest absolute Gasteiger partial charge is 0.332 e. The second-order valence-electron chi connectivity index (χ2n) is 4.67. The minimum absolute atomic E-state index is 0.0858. The van der Waals surface area contributed by atoms with Gasteiger partial charge in [0.25, 0.3) is 5.91 Å². The predicted octanol–water partition coefficient (Wildman–Crippen LogP) is 3.15. The highest BCUT2D eigenvalue weighted by Gasteiger charge is 2.51. The monoisotopic (exact) mass is 253 g/mol. The van der Waals surface area contributed by atoms with E-state index in [2.05, 4.69) is 11.9 Å². The molecule has 0 atom stereocenters. The summed E-state index contributed by atoms with van der Waals surface area (Å²) >= 11 is 0. The Labute approximate surface area is 106 Å². The summed E-state index contributed by atoms with van der Waals surface area (Å²) in [5.74, 6) is -4.76. The van der Waals surface area contributed by atoms with Crippen molar-refractivity contribution in [2.45, 2.75) is 26.3 Å². The van der Waals surface area contributed by atoms with Crippen LogP contribution in [0.15, 0.2) is 43.0 Å². The molecule has 0 unspecified atom stereocenters. The van der Waals surface area contributed by atoms with Gasteiger partial charge in [0.2, 0.25) is 0 Å². The molecule has 1 aromatic rings. The van der Waals surface area contributed by atoms with Crippen molar-refractivity contribution in [3.05, 3.63) is 48.6 Å². The van der Waals surface area contributed by atoms with Gasteiger partial charge < -0.3 is 5.32 Å².